The Kier molecular flexibility index (Phi) is 3.98. The maximum Gasteiger partial charge on any atom is 0.125 e. The number of hydrogen-bond donors (Lipinski definition) is 1. The Morgan fingerprint density at radius 2 is 1.69 bits per heavy atom. The highest BCUT2D eigenvalue weighted by molar-refractivity contribution is 5.39. The van der Waals surface area contributed by atoms with Crippen molar-refractivity contribution in [3.05, 3.63) is 29.3 Å². The molecule has 2 heteroatoms. The minimum Gasteiger partial charge on any atom is -0.490 e. The zero-order valence-corrected chi connectivity index (χ0v) is 10.9. The first kappa shape index (κ1) is 13.0. The fourth-order valence-electron chi connectivity index (χ4n) is 1.44. The van der Waals surface area contributed by atoms with E-state index in [0.717, 1.165) is 16.9 Å². The van der Waals surface area contributed by atoms with Crippen LogP contribution >= 0.6 is 0 Å². The largest absolute Gasteiger partial charge is 0.490 e. The van der Waals surface area contributed by atoms with Gasteiger partial charge in [-0.15, -0.1) is 0 Å². The van der Waals surface area contributed by atoms with Crippen LogP contribution < -0.4 is 4.74 Å². The van der Waals surface area contributed by atoms with Crippen molar-refractivity contribution in [2.24, 2.45) is 5.41 Å². The van der Waals surface area contributed by atoms with Crippen molar-refractivity contribution < 1.29 is 9.84 Å². The molecule has 0 amide bonds. The van der Waals surface area contributed by atoms with E-state index in [-0.39, 0.29) is 5.41 Å². The maximum absolute atomic E-state index is 9.90. The summed E-state index contributed by atoms with van der Waals surface area (Å²) in [6.45, 7) is 10.4. The molecule has 1 aromatic rings. The molecule has 1 unspecified atom stereocenters. The van der Waals surface area contributed by atoms with Gasteiger partial charge >= 0.3 is 0 Å². The van der Waals surface area contributed by atoms with Gasteiger partial charge in [-0.3, -0.25) is 0 Å². The Labute approximate surface area is 98.3 Å². The Hall–Kier alpha value is -1.02. The fourth-order valence-corrected chi connectivity index (χ4v) is 1.44. The lowest BCUT2D eigenvalue weighted by Gasteiger charge is -2.26. The molecule has 0 saturated heterocycles. The van der Waals surface area contributed by atoms with E-state index >= 15 is 0 Å². The number of rotatable bonds is 3. The average molecular weight is 222 g/mol. The fraction of sp³-hybridized carbons (Fsp3) is 0.571. The van der Waals surface area contributed by atoms with Crippen molar-refractivity contribution in [2.75, 3.05) is 6.61 Å². The van der Waals surface area contributed by atoms with Gasteiger partial charge in [0, 0.05) is 0 Å². The number of ether oxygens (including phenoxy) is 1. The highest BCUT2D eigenvalue weighted by Crippen LogP contribution is 2.25. The molecule has 1 aromatic carbocycles. The second-order valence-corrected chi connectivity index (χ2v) is 5.41. The lowest BCUT2D eigenvalue weighted by atomic mass is 9.90. The predicted octanol–water partition coefficient (Wildman–Crippen LogP) is 3.09. The minimum atomic E-state index is -0.452. The van der Waals surface area contributed by atoms with Crippen molar-refractivity contribution in [3.8, 4) is 5.75 Å². The molecule has 1 N–H and O–H groups in total. The van der Waals surface area contributed by atoms with Gasteiger partial charge in [-0.2, -0.15) is 0 Å². The van der Waals surface area contributed by atoms with Crippen molar-refractivity contribution in [2.45, 2.75) is 40.7 Å². The van der Waals surface area contributed by atoms with Crippen LogP contribution in [0, 0.1) is 19.3 Å². The van der Waals surface area contributed by atoms with Crippen molar-refractivity contribution in [3.63, 3.8) is 0 Å². The van der Waals surface area contributed by atoms with Gasteiger partial charge in [-0.1, -0.05) is 39.0 Å². The smallest absolute Gasteiger partial charge is 0.125 e. The molecular weight excluding hydrogens is 200 g/mol. The highest BCUT2D eigenvalue weighted by atomic mass is 16.5. The SMILES string of the molecule is Cc1cccc(C)c1OCC(O)C(C)(C)C. The summed E-state index contributed by atoms with van der Waals surface area (Å²) < 4.78 is 5.71. The molecule has 0 aliphatic carbocycles. The molecule has 0 saturated carbocycles. The van der Waals surface area contributed by atoms with E-state index in [1.54, 1.807) is 0 Å². The van der Waals surface area contributed by atoms with Crippen LogP contribution in [-0.4, -0.2) is 17.8 Å². The number of benzene rings is 1. The van der Waals surface area contributed by atoms with E-state index < -0.39 is 6.10 Å². The minimum absolute atomic E-state index is 0.142. The maximum atomic E-state index is 9.90. The van der Waals surface area contributed by atoms with E-state index in [2.05, 4.69) is 0 Å². The molecular formula is C14H22O2. The Morgan fingerprint density at radius 1 is 1.19 bits per heavy atom. The standard InChI is InChI=1S/C14H22O2/c1-10-7-6-8-11(2)13(10)16-9-12(15)14(3,4)5/h6-8,12,15H,9H2,1-5H3. The van der Waals surface area contributed by atoms with Crippen LogP contribution in [0.15, 0.2) is 18.2 Å². The quantitative estimate of drug-likeness (QED) is 0.851. The number of hydrogen-bond acceptors (Lipinski definition) is 2. The van der Waals surface area contributed by atoms with Gasteiger partial charge < -0.3 is 9.84 Å². The van der Waals surface area contributed by atoms with Crippen molar-refractivity contribution >= 4 is 0 Å². The van der Waals surface area contributed by atoms with Gasteiger partial charge in [0.05, 0.1) is 6.10 Å². The normalized spacial score (nSPS) is 13.6. The summed E-state index contributed by atoms with van der Waals surface area (Å²) in [5.74, 6) is 0.894. The molecule has 0 aromatic heterocycles. The third-order valence-electron chi connectivity index (χ3n) is 2.79. The first-order chi connectivity index (χ1) is 7.32. The van der Waals surface area contributed by atoms with Crippen LogP contribution in [-0.2, 0) is 0 Å². The van der Waals surface area contributed by atoms with Crippen LogP contribution in [0.3, 0.4) is 0 Å². The van der Waals surface area contributed by atoms with E-state index in [1.165, 1.54) is 0 Å². The van der Waals surface area contributed by atoms with Gasteiger partial charge in [0.25, 0.3) is 0 Å². The first-order valence-electron chi connectivity index (χ1n) is 5.69. The molecule has 16 heavy (non-hydrogen) atoms. The molecule has 0 aliphatic rings. The predicted molar refractivity (Wildman–Crippen MR) is 66.9 cm³/mol. The van der Waals surface area contributed by atoms with E-state index in [9.17, 15) is 5.11 Å². The zero-order chi connectivity index (χ0) is 12.3. The van der Waals surface area contributed by atoms with Crippen LogP contribution in [0.1, 0.15) is 31.9 Å². The van der Waals surface area contributed by atoms with Gasteiger partial charge in [-0.25, -0.2) is 0 Å². The molecule has 0 spiro atoms. The first-order valence-corrected chi connectivity index (χ1v) is 5.69. The van der Waals surface area contributed by atoms with E-state index in [0.29, 0.717) is 6.61 Å². The van der Waals surface area contributed by atoms with Crippen LogP contribution in [0.5, 0.6) is 5.75 Å². The zero-order valence-electron chi connectivity index (χ0n) is 10.9. The van der Waals surface area contributed by atoms with Crippen molar-refractivity contribution in [1.29, 1.82) is 0 Å². The number of aliphatic hydroxyl groups is 1. The third-order valence-corrected chi connectivity index (χ3v) is 2.79. The molecule has 0 radical (unpaired) electrons. The molecule has 1 rings (SSSR count). The van der Waals surface area contributed by atoms with Gasteiger partial charge in [0.15, 0.2) is 0 Å². The number of para-hydroxylation sites is 1. The highest BCUT2D eigenvalue weighted by Gasteiger charge is 2.22. The second-order valence-electron chi connectivity index (χ2n) is 5.41. The van der Waals surface area contributed by atoms with Crippen LogP contribution in [0.4, 0.5) is 0 Å². The Balaban J connectivity index is 2.69. The molecule has 0 fully saturated rings. The summed E-state index contributed by atoms with van der Waals surface area (Å²) in [5.41, 5.74) is 2.08. The second kappa shape index (κ2) is 4.88. The van der Waals surface area contributed by atoms with Crippen LogP contribution in [0.2, 0.25) is 0 Å². The third kappa shape index (κ3) is 3.24. The molecule has 2 nitrogen and oxygen atoms in total. The van der Waals surface area contributed by atoms with E-state index in [4.69, 9.17) is 4.74 Å². The number of aryl methyl sites for hydroxylation is 2. The summed E-state index contributed by atoms with van der Waals surface area (Å²) in [6, 6.07) is 6.05. The van der Waals surface area contributed by atoms with E-state index in [1.807, 2.05) is 52.8 Å². The molecule has 0 heterocycles. The molecule has 0 aliphatic heterocycles. The average Bonchev–Trinajstić information content (AvgIpc) is 2.15. The lowest BCUT2D eigenvalue weighted by Crippen LogP contribution is -2.32. The summed E-state index contributed by atoms with van der Waals surface area (Å²) >= 11 is 0. The van der Waals surface area contributed by atoms with Crippen molar-refractivity contribution in [1.82, 2.24) is 0 Å². The molecule has 90 valence electrons. The van der Waals surface area contributed by atoms with Crippen LogP contribution in [0.25, 0.3) is 0 Å². The summed E-state index contributed by atoms with van der Waals surface area (Å²) in [5, 5.41) is 9.90. The molecule has 1 atom stereocenters. The van der Waals surface area contributed by atoms with Gasteiger partial charge in [0.2, 0.25) is 0 Å². The lowest BCUT2D eigenvalue weighted by molar-refractivity contribution is 0.0214. The topological polar surface area (TPSA) is 29.5 Å². The molecule has 0 bridgehead atoms. The van der Waals surface area contributed by atoms with Gasteiger partial charge in [0.1, 0.15) is 12.4 Å². The van der Waals surface area contributed by atoms with Gasteiger partial charge in [-0.05, 0) is 30.4 Å². The summed E-state index contributed by atoms with van der Waals surface area (Å²) in [4.78, 5) is 0. The number of aliphatic hydroxyl groups excluding tert-OH is 1. The Morgan fingerprint density at radius 3 is 2.12 bits per heavy atom. The Bertz CT molecular complexity index is 330. The summed E-state index contributed by atoms with van der Waals surface area (Å²) in [6.07, 6.45) is -0.452. The summed E-state index contributed by atoms with van der Waals surface area (Å²) in [7, 11) is 0. The monoisotopic (exact) mass is 222 g/mol.